The second-order valence-electron chi connectivity index (χ2n) is 5.06. The van der Waals surface area contributed by atoms with Crippen LogP contribution in [0.3, 0.4) is 0 Å². The highest BCUT2D eigenvalue weighted by atomic mass is 16.8. The van der Waals surface area contributed by atoms with Gasteiger partial charge in [0.25, 0.3) is 0 Å². The van der Waals surface area contributed by atoms with Crippen molar-refractivity contribution in [3.63, 3.8) is 0 Å². The third kappa shape index (κ3) is 3.43. The maximum atomic E-state index is 11.9. The van der Waals surface area contributed by atoms with Crippen molar-refractivity contribution in [3.8, 4) is 0 Å². The molecular formula is C16H14N5O3-. The Balaban J connectivity index is 1.77. The molecule has 0 saturated heterocycles. The molecule has 0 unspecified atom stereocenters. The van der Waals surface area contributed by atoms with E-state index in [1.165, 1.54) is 16.8 Å². The molecule has 1 aromatic carbocycles. The van der Waals surface area contributed by atoms with Gasteiger partial charge in [-0.2, -0.15) is 14.7 Å². The van der Waals surface area contributed by atoms with Gasteiger partial charge in [0, 0.05) is 24.8 Å². The first-order valence-corrected chi connectivity index (χ1v) is 7.18. The molecule has 8 heteroatoms. The molecule has 0 atom stereocenters. The van der Waals surface area contributed by atoms with Crippen molar-refractivity contribution in [1.82, 2.24) is 14.9 Å². The Labute approximate surface area is 136 Å². The molecular weight excluding hydrogens is 310 g/mol. The summed E-state index contributed by atoms with van der Waals surface area (Å²) in [5.41, 5.74) is 4.20. The average Bonchev–Trinajstić information content (AvgIpc) is 2.94. The lowest BCUT2D eigenvalue weighted by Crippen LogP contribution is -2.25. The zero-order valence-electron chi connectivity index (χ0n) is 12.5. The van der Waals surface area contributed by atoms with Crippen molar-refractivity contribution in [3.05, 3.63) is 98.7 Å². The molecule has 8 nitrogen and oxygen atoms in total. The third-order valence-corrected chi connectivity index (χ3v) is 3.41. The molecule has 2 N–H and O–H groups in total. The van der Waals surface area contributed by atoms with Gasteiger partial charge in [0.05, 0.1) is 0 Å². The van der Waals surface area contributed by atoms with Crippen molar-refractivity contribution in [2.24, 2.45) is 0 Å². The highest BCUT2D eigenvalue weighted by molar-refractivity contribution is 6.02. The molecule has 122 valence electrons. The van der Waals surface area contributed by atoms with Crippen molar-refractivity contribution in [1.29, 1.82) is 0 Å². The van der Waals surface area contributed by atoms with Gasteiger partial charge in [-0.3, -0.25) is 5.43 Å². The van der Waals surface area contributed by atoms with Crippen LogP contribution < -0.4 is 11.1 Å². The molecule has 0 saturated carbocycles. The van der Waals surface area contributed by atoms with E-state index in [9.17, 15) is 15.2 Å². The van der Waals surface area contributed by atoms with Gasteiger partial charge in [-0.25, -0.2) is 9.89 Å². The van der Waals surface area contributed by atoms with E-state index in [-0.39, 0.29) is 11.4 Å². The first-order chi connectivity index (χ1) is 11.6. The van der Waals surface area contributed by atoms with Gasteiger partial charge < -0.3 is 10.4 Å². The number of benzene rings is 1. The Bertz CT molecular complexity index is 881. The summed E-state index contributed by atoms with van der Waals surface area (Å²) in [6, 6.07) is 9.65. The predicted octanol–water partition coefficient (Wildman–Crippen LogP) is 1.16. The van der Waals surface area contributed by atoms with E-state index < -0.39 is 4.90 Å². The van der Waals surface area contributed by atoms with Crippen molar-refractivity contribution >= 4 is 5.71 Å². The number of aromatic nitrogens is 3. The minimum atomic E-state index is -0.463. The SMILES string of the molecule is O=c1[nH]nc(Cc2ccccc2)n1NC=C1C=CC(=[N+]([O-])[O-])C=C1. The van der Waals surface area contributed by atoms with E-state index in [4.69, 9.17) is 0 Å². The van der Waals surface area contributed by atoms with Crippen LogP contribution in [0.25, 0.3) is 0 Å². The third-order valence-electron chi connectivity index (χ3n) is 3.41. The minimum absolute atomic E-state index is 0.0115. The fourth-order valence-corrected chi connectivity index (χ4v) is 2.19. The van der Waals surface area contributed by atoms with Crippen molar-refractivity contribution in [2.45, 2.75) is 6.42 Å². The van der Waals surface area contributed by atoms with E-state index >= 15 is 0 Å². The second-order valence-corrected chi connectivity index (χ2v) is 5.06. The maximum absolute atomic E-state index is 11.9. The van der Waals surface area contributed by atoms with Gasteiger partial charge in [-0.05, 0) is 23.3 Å². The number of hydrogen-bond donors (Lipinski definition) is 2. The summed E-state index contributed by atoms with van der Waals surface area (Å²) in [4.78, 5) is 11.4. The molecule has 0 radical (unpaired) electrons. The summed E-state index contributed by atoms with van der Waals surface area (Å²) in [6.07, 6.45) is 8.04. The molecule has 0 bridgehead atoms. The Kier molecular flexibility index (Phi) is 4.28. The molecule has 0 amide bonds. The number of H-pyrrole nitrogens is 1. The normalized spacial score (nSPS) is 13.2. The minimum Gasteiger partial charge on any atom is -0.612 e. The van der Waals surface area contributed by atoms with Crippen LogP contribution in [-0.4, -0.2) is 25.5 Å². The van der Waals surface area contributed by atoms with Gasteiger partial charge in [0.1, 0.15) is 0 Å². The molecule has 0 aliphatic heterocycles. The van der Waals surface area contributed by atoms with E-state index in [0.29, 0.717) is 17.8 Å². The number of aromatic amines is 1. The van der Waals surface area contributed by atoms with E-state index in [1.807, 2.05) is 30.3 Å². The van der Waals surface area contributed by atoms with Crippen LogP contribution in [0.4, 0.5) is 0 Å². The number of nitrogens with zero attached hydrogens (tertiary/aromatic N) is 3. The van der Waals surface area contributed by atoms with Crippen molar-refractivity contribution in [2.75, 3.05) is 5.43 Å². The van der Waals surface area contributed by atoms with Crippen molar-refractivity contribution < 1.29 is 4.90 Å². The Morgan fingerprint density at radius 1 is 1.17 bits per heavy atom. The van der Waals surface area contributed by atoms with Crippen LogP contribution in [0.1, 0.15) is 11.4 Å². The molecule has 1 aromatic heterocycles. The van der Waals surface area contributed by atoms with Crippen LogP contribution in [0, 0.1) is 10.4 Å². The van der Waals surface area contributed by atoms with E-state index in [2.05, 4.69) is 15.6 Å². The fourth-order valence-electron chi connectivity index (χ4n) is 2.19. The lowest BCUT2D eigenvalue weighted by molar-refractivity contribution is -0.377. The van der Waals surface area contributed by atoms with Crippen LogP contribution in [0.15, 0.2) is 71.2 Å². The standard InChI is InChI=1S/C16H14N5O3/c22-16-19-18-15(10-12-4-2-1-3-5-12)20(16)17-11-13-6-8-14(9-7-13)21(23)24/h1-9,11,17H,10H2,(H-,19,22,23,24)/q-1. The predicted molar refractivity (Wildman–Crippen MR) is 89.8 cm³/mol. The Hall–Kier alpha value is -3.55. The first-order valence-electron chi connectivity index (χ1n) is 7.18. The fraction of sp³-hybridized carbons (Fsp3) is 0.0625. The lowest BCUT2D eigenvalue weighted by Gasteiger charge is -2.09. The number of nitrogens with one attached hydrogen (secondary N) is 2. The summed E-state index contributed by atoms with van der Waals surface area (Å²) < 4.78 is 1.30. The molecule has 0 spiro atoms. The van der Waals surface area contributed by atoms with Crippen LogP contribution in [-0.2, 0) is 6.42 Å². The van der Waals surface area contributed by atoms with Crippen LogP contribution >= 0.6 is 0 Å². The zero-order chi connectivity index (χ0) is 16.9. The highest BCUT2D eigenvalue weighted by Crippen LogP contribution is 2.07. The molecule has 24 heavy (non-hydrogen) atoms. The molecule has 1 aliphatic rings. The maximum Gasteiger partial charge on any atom is 0.362 e. The summed E-state index contributed by atoms with van der Waals surface area (Å²) in [6.45, 7) is 0. The Morgan fingerprint density at radius 2 is 1.88 bits per heavy atom. The molecule has 0 fully saturated rings. The highest BCUT2D eigenvalue weighted by Gasteiger charge is 2.08. The zero-order valence-corrected chi connectivity index (χ0v) is 12.5. The quantitative estimate of drug-likeness (QED) is 0.647. The largest absolute Gasteiger partial charge is 0.612 e. The van der Waals surface area contributed by atoms with Crippen LogP contribution in [0.5, 0.6) is 0 Å². The molecule has 2 aromatic rings. The van der Waals surface area contributed by atoms with Gasteiger partial charge in [0.15, 0.2) is 5.82 Å². The van der Waals surface area contributed by atoms with E-state index in [0.717, 1.165) is 5.56 Å². The number of rotatable bonds is 4. The molecule has 3 rings (SSSR count). The lowest BCUT2D eigenvalue weighted by atomic mass is 10.1. The summed E-state index contributed by atoms with van der Waals surface area (Å²) >= 11 is 0. The topological polar surface area (TPSA) is 112 Å². The van der Waals surface area contributed by atoms with Crippen LogP contribution in [0.2, 0.25) is 0 Å². The smallest absolute Gasteiger partial charge is 0.362 e. The monoisotopic (exact) mass is 324 g/mol. The van der Waals surface area contributed by atoms with Gasteiger partial charge in [-0.1, -0.05) is 30.3 Å². The number of allylic oxidation sites excluding steroid dienone is 5. The van der Waals surface area contributed by atoms with E-state index in [1.54, 1.807) is 18.4 Å². The van der Waals surface area contributed by atoms with Gasteiger partial charge in [0.2, 0.25) is 5.71 Å². The Morgan fingerprint density at radius 3 is 2.54 bits per heavy atom. The summed E-state index contributed by atoms with van der Waals surface area (Å²) in [7, 11) is 0. The first kappa shape index (κ1) is 15.3. The second kappa shape index (κ2) is 6.69. The van der Waals surface area contributed by atoms with Gasteiger partial charge >= 0.3 is 5.69 Å². The molecule has 1 aliphatic carbocycles. The summed E-state index contributed by atoms with van der Waals surface area (Å²) in [5, 5.41) is 27.7. The van der Waals surface area contributed by atoms with Gasteiger partial charge in [-0.15, -0.1) is 0 Å². The molecule has 1 heterocycles. The summed E-state index contributed by atoms with van der Waals surface area (Å²) in [5.74, 6) is 0.532. The number of hydrogen-bond acceptors (Lipinski definition) is 5. The average molecular weight is 324 g/mol.